The third-order valence-electron chi connectivity index (χ3n) is 5.09. The minimum Gasteiger partial charge on any atom is -0.381 e. The third kappa shape index (κ3) is 4.19. The number of hydrogen-bond donors (Lipinski definition) is 2. The topological polar surface area (TPSA) is 75.8 Å². The Morgan fingerprint density at radius 2 is 2.07 bits per heavy atom. The number of halogens is 1. The van der Waals surface area contributed by atoms with Gasteiger partial charge in [0.1, 0.15) is 11.6 Å². The number of pyridine rings is 1. The molecule has 0 atom stereocenters. The van der Waals surface area contributed by atoms with E-state index < -0.39 is 0 Å². The van der Waals surface area contributed by atoms with Crippen LogP contribution in [-0.4, -0.2) is 39.7 Å². The maximum Gasteiger partial charge on any atom is 0.136 e. The van der Waals surface area contributed by atoms with E-state index in [1.807, 2.05) is 31.2 Å². The second-order valence-corrected chi connectivity index (χ2v) is 7.06. The van der Waals surface area contributed by atoms with Gasteiger partial charge in [-0.05, 0) is 55.7 Å². The lowest BCUT2D eigenvalue weighted by molar-refractivity contribution is 0.0904. The van der Waals surface area contributed by atoms with Crippen LogP contribution < -0.4 is 5.32 Å². The molecule has 1 fully saturated rings. The van der Waals surface area contributed by atoms with Crippen molar-refractivity contribution in [2.45, 2.75) is 32.2 Å². The molecule has 0 amide bonds. The second-order valence-electron chi connectivity index (χ2n) is 7.06. The van der Waals surface area contributed by atoms with Gasteiger partial charge in [-0.2, -0.15) is 5.10 Å². The number of rotatable bonds is 6. The van der Waals surface area contributed by atoms with E-state index in [4.69, 9.17) is 15.1 Å². The number of nitrogens with one attached hydrogen (secondary N) is 2. The lowest BCUT2D eigenvalue weighted by Crippen LogP contribution is -2.29. The maximum absolute atomic E-state index is 13.7. The van der Waals surface area contributed by atoms with E-state index in [1.54, 1.807) is 16.9 Å². The van der Waals surface area contributed by atoms with Gasteiger partial charge >= 0.3 is 0 Å². The number of anilines is 1. The molecule has 6 nitrogen and oxygen atoms in total. The first-order valence-electron chi connectivity index (χ1n) is 9.89. The first-order chi connectivity index (χ1) is 14.2. The normalized spacial score (nSPS) is 14.7. The molecule has 3 aromatic rings. The average Bonchev–Trinajstić information content (AvgIpc) is 3.24. The van der Waals surface area contributed by atoms with E-state index in [1.165, 1.54) is 12.1 Å². The standard InChI is InChI=1S/C22H24FN5O/c1-2-19(24)18-6-7-20(27-22(18)26-16-9-12-29-13-10-16)21-8-11-25-28(21)17-5-3-4-15(23)14-17/h3-8,11,14,16,24H,2,9-10,12-13H2,1H3,(H,26,27). The summed E-state index contributed by atoms with van der Waals surface area (Å²) in [7, 11) is 0. The van der Waals surface area contributed by atoms with Gasteiger partial charge in [0, 0.05) is 30.5 Å². The van der Waals surface area contributed by atoms with Gasteiger partial charge in [0.15, 0.2) is 0 Å². The molecule has 2 N–H and O–H groups in total. The first-order valence-corrected chi connectivity index (χ1v) is 9.89. The molecule has 4 rings (SSSR count). The van der Waals surface area contributed by atoms with Crippen molar-refractivity contribution >= 4 is 11.5 Å². The number of aromatic nitrogens is 3. The number of ether oxygens (including phenoxy) is 1. The van der Waals surface area contributed by atoms with Gasteiger partial charge in [0.05, 0.1) is 23.3 Å². The maximum atomic E-state index is 13.7. The highest BCUT2D eigenvalue weighted by Gasteiger charge is 2.19. The summed E-state index contributed by atoms with van der Waals surface area (Å²) in [4.78, 5) is 4.84. The molecule has 7 heteroatoms. The minimum atomic E-state index is -0.314. The highest BCUT2D eigenvalue weighted by molar-refractivity contribution is 6.02. The largest absolute Gasteiger partial charge is 0.381 e. The van der Waals surface area contributed by atoms with Crippen LogP contribution in [0.5, 0.6) is 0 Å². The first kappa shape index (κ1) is 19.3. The lowest BCUT2D eigenvalue weighted by Gasteiger charge is -2.25. The summed E-state index contributed by atoms with van der Waals surface area (Å²) in [6.45, 7) is 3.42. The van der Waals surface area contributed by atoms with Crippen molar-refractivity contribution in [2.75, 3.05) is 18.5 Å². The number of hydrogen-bond acceptors (Lipinski definition) is 5. The molecule has 150 valence electrons. The van der Waals surface area contributed by atoms with Gasteiger partial charge in [0.2, 0.25) is 0 Å². The molecule has 1 saturated heterocycles. The molecule has 0 aliphatic carbocycles. The fourth-order valence-corrected chi connectivity index (χ4v) is 3.49. The third-order valence-corrected chi connectivity index (χ3v) is 5.09. The van der Waals surface area contributed by atoms with Crippen molar-refractivity contribution in [1.82, 2.24) is 14.8 Å². The van der Waals surface area contributed by atoms with Crippen LogP contribution >= 0.6 is 0 Å². The molecule has 1 aliphatic heterocycles. The molecule has 3 heterocycles. The molecule has 1 aliphatic rings. The molecule has 0 spiro atoms. The summed E-state index contributed by atoms with van der Waals surface area (Å²) in [6, 6.07) is 12.3. The molecule has 0 unspecified atom stereocenters. The van der Waals surface area contributed by atoms with Crippen LogP contribution in [-0.2, 0) is 4.74 Å². The summed E-state index contributed by atoms with van der Waals surface area (Å²) in [6.07, 6.45) is 4.12. The summed E-state index contributed by atoms with van der Waals surface area (Å²) >= 11 is 0. The van der Waals surface area contributed by atoms with Gasteiger partial charge in [-0.15, -0.1) is 0 Å². The summed E-state index contributed by atoms with van der Waals surface area (Å²) < 4.78 is 20.8. The Hall–Kier alpha value is -3.06. The molecular weight excluding hydrogens is 369 g/mol. The smallest absolute Gasteiger partial charge is 0.136 e. The van der Waals surface area contributed by atoms with Crippen molar-refractivity contribution in [2.24, 2.45) is 0 Å². The van der Waals surface area contributed by atoms with Crippen LogP contribution in [0.15, 0.2) is 48.7 Å². The Bertz CT molecular complexity index is 1010. The molecule has 29 heavy (non-hydrogen) atoms. The molecule has 2 aromatic heterocycles. The van der Waals surface area contributed by atoms with Gasteiger partial charge in [0.25, 0.3) is 0 Å². The quantitative estimate of drug-likeness (QED) is 0.607. The highest BCUT2D eigenvalue weighted by Crippen LogP contribution is 2.26. The summed E-state index contributed by atoms with van der Waals surface area (Å²) in [5.41, 5.74) is 3.46. The van der Waals surface area contributed by atoms with Crippen LogP contribution in [0, 0.1) is 11.2 Å². The van der Waals surface area contributed by atoms with Crippen molar-refractivity contribution in [3.8, 4) is 17.1 Å². The SMILES string of the molecule is CCC(=N)c1ccc(-c2ccnn2-c2cccc(F)c2)nc1NC1CCOCC1. The molecule has 1 aromatic carbocycles. The molecule has 0 bridgehead atoms. The van der Waals surface area contributed by atoms with Crippen molar-refractivity contribution in [3.05, 3.63) is 60.0 Å². The monoisotopic (exact) mass is 393 g/mol. The van der Waals surface area contributed by atoms with Gasteiger partial charge < -0.3 is 15.5 Å². The number of benzene rings is 1. The fourth-order valence-electron chi connectivity index (χ4n) is 3.49. The van der Waals surface area contributed by atoms with E-state index in [0.717, 1.165) is 37.3 Å². The zero-order valence-corrected chi connectivity index (χ0v) is 16.4. The Morgan fingerprint density at radius 3 is 2.83 bits per heavy atom. The fraction of sp³-hybridized carbons (Fsp3) is 0.318. The molecule has 0 saturated carbocycles. The highest BCUT2D eigenvalue weighted by atomic mass is 19.1. The molecular formula is C22H24FN5O. The number of nitrogens with zero attached hydrogens (tertiary/aromatic N) is 3. The van der Waals surface area contributed by atoms with Crippen molar-refractivity contribution in [3.63, 3.8) is 0 Å². The van der Waals surface area contributed by atoms with E-state index in [2.05, 4.69) is 10.4 Å². The molecule has 0 radical (unpaired) electrons. The van der Waals surface area contributed by atoms with Crippen molar-refractivity contribution < 1.29 is 9.13 Å². The zero-order chi connectivity index (χ0) is 20.2. The van der Waals surface area contributed by atoms with E-state index >= 15 is 0 Å². The summed E-state index contributed by atoms with van der Waals surface area (Å²) in [5.74, 6) is 0.388. The Morgan fingerprint density at radius 1 is 1.24 bits per heavy atom. The predicted octanol–water partition coefficient (Wildman–Crippen LogP) is 4.44. The minimum absolute atomic E-state index is 0.267. The van der Waals surface area contributed by atoms with Crippen LogP contribution in [0.3, 0.4) is 0 Å². The van der Waals surface area contributed by atoms with Crippen LogP contribution in [0.2, 0.25) is 0 Å². The Kier molecular flexibility index (Phi) is 5.67. The lowest BCUT2D eigenvalue weighted by atomic mass is 10.1. The van der Waals surface area contributed by atoms with E-state index in [9.17, 15) is 4.39 Å². The van der Waals surface area contributed by atoms with Crippen LogP contribution in [0.1, 0.15) is 31.7 Å². The van der Waals surface area contributed by atoms with Crippen LogP contribution in [0.4, 0.5) is 10.2 Å². The second kappa shape index (κ2) is 8.53. The van der Waals surface area contributed by atoms with Gasteiger partial charge in [-0.3, -0.25) is 0 Å². The predicted molar refractivity (Wildman–Crippen MR) is 111 cm³/mol. The van der Waals surface area contributed by atoms with E-state index in [0.29, 0.717) is 29.3 Å². The van der Waals surface area contributed by atoms with Crippen LogP contribution in [0.25, 0.3) is 17.1 Å². The van der Waals surface area contributed by atoms with Crippen molar-refractivity contribution in [1.29, 1.82) is 5.41 Å². The van der Waals surface area contributed by atoms with E-state index in [-0.39, 0.29) is 11.9 Å². The van der Waals surface area contributed by atoms with Gasteiger partial charge in [-0.25, -0.2) is 14.1 Å². The zero-order valence-electron chi connectivity index (χ0n) is 16.4. The summed E-state index contributed by atoms with van der Waals surface area (Å²) in [5, 5.41) is 16.2. The van der Waals surface area contributed by atoms with Gasteiger partial charge in [-0.1, -0.05) is 13.0 Å². The Labute approximate surface area is 169 Å². The average molecular weight is 393 g/mol. The Balaban J connectivity index is 1.73.